The van der Waals surface area contributed by atoms with Gasteiger partial charge in [0.1, 0.15) is 17.9 Å². The van der Waals surface area contributed by atoms with Gasteiger partial charge in [0.05, 0.1) is 24.2 Å². The number of ether oxygens (including phenoxy) is 2. The van der Waals surface area contributed by atoms with Gasteiger partial charge in [-0.1, -0.05) is 12.1 Å². The lowest BCUT2D eigenvalue weighted by atomic mass is 10.0. The van der Waals surface area contributed by atoms with E-state index in [1.807, 2.05) is 36.4 Å². The minimum Gasteiger partial charge on any atom is -0.492 e. The molecule has 1 saturated heterocycles. The summed E-state index contributed by atoms with van der Waals surface area (Å²) in [5.74, 6) is 1.24. The summed E-state index contributed by atoms with van der Waals surface area (Å²) < 4.78 is 17.2. The summed E-state index contributed by atoms with van der Waals surface area (Å²) in [4.78, 5) is 17.4. The fourth-order valence-corrected chi connectivity index (χ4v) is 3.80. The molecule has 8 heteroatoms. The Kier molecular flexibility index (Phi) is 5.23. The predicted molar refractivity (Wildman–Crippen MR) is 116 cm³/mol. The highest BCUT2D eigenvalue weighted by Gasteiger charge is 2.15. The Morgan fingerprint density at radius 1 is 1.10 bits per heavy atom. The van der Waals surface area contributed by atoms with Gasteiger partial charge >= 0.3 is 0 Å². The van der Waals surface area contributed by atoms with E-state index in [1.54, 1.807) is 6.07 Å². The lowest BCUT2D eigenvalue weighted by molar-refractivity contribution is -0.384. The van der Waals surface area contributed by atoms with Crippen LogP contribution in [-0.4, -0.2) is 54.3 Å². The smallest absolute Gasteiger partial charge is 0.273 e. The number of nitro benzene ring substituents is 1. The summed E-state index contributed by atoms with van der Waals surface area (Å²) in [6, 6.07) is 16.3. The number of non-ortho nitro benzene ring substituents is 1. The average Bonchev–Trinajstić information content (AvgIpc) is 3.22. The van der Waals surface area contributed by atoms with Gasteiger partial charge in [-0.2, -0.15) is 0 Å². The number of aromatic nitrogens is 1. The van der Waals surface area contributed by atoms with Crippen molar-refractivity contribution in [2.75, 3.05) is 39.5 Å². The van der Waals surface area contributed by atoms with Crippen molar-refractivity contribution >= 4 is 27.6 Å². The molecule has 0 atom stereocenters. The van der Waals surface area contributed by atoms with Crippen molar-refractivity contribution in [2.24, 2.45) is 0 Å². The molecule has 0 radical (unpaired) electrons. The number of oxazole rings is 1. The summed E-state index contributed by atoms with van der Waals surface area (Å²) in [5, 5.41) is 13.0. The SMILES string of the molecule is O=[N+]([O-])c1ccc2nc(-c3cccc4cc(OCCN5CCOCC5)ccc34)oc2c1. The quantitative estimate of drug-likeness (QED) is 0.340. The van der Waals surface area contributed by atoms with Crippen LogP contribution < -0.4 is 4.74 Å². The molecule has 0 aliphatic carbocycles. The minimum atomic E-state index is -0.444. The molecule has 0 unspecified atom stereocenters. The molecule has 2 heterocycles. The van der Waals surface area contributed by atoms with E-state index in [4.69, 9.17) is 13.9 Å². The van der Waals surface area contributed by atoms with E-state index >= 15 is 0 Å². The number of benzene rings is 3. The fourth-order valence-electron chi connectivity index (χ4n) is 3.80. The molecule has 31 heavy (non-hydrogen) atoms. The predicted octanol–water partition coefficient (Wildman–Crippen LogP) is 4.27. The number of morpholine rings is 1. The van der Waals surface area contributed by atoms with Gasteiger partial charge in [-0.25, -0.2) is 4.98 Å². The van der Waals surface area contributed by atoms with Crippen molar-refractivity contribution < 1.29 is 18.8 Å². The summed E-state index contributed by atoms with van der Waals surface area (Å²) >= 11 is 0. The maximum Gasteiger partial charge on any atom is 0.273 e. The van der Waals surface area contributed by atoms with Crippen LogP contribution in [0, 0.1) is 10.1 Å². The largest absolute Gasteiger partial charge is 0.492 e. The Hall–Kier alpha value is -3.49. The molecule has 4 aromatic rings. The van der Waals surface area contributed by atoms with Crippen LogP contribution in [0.25, 0.3) is 33.3 Å². The number of hydrogen-bond donors (Lipinski definition) is 0. The number of nitro groups is 1. The average molecular weight is 419 g/mol. The molecule has 1 aliphatic heterocycles. The van der Waals surface area contributed by atoms with Gasteiger partial charge in [0.25, 0.3) is 5.69 Å². The number of nitrogens with zero attached hydrogens (tertiary/aromatic N) is 3. The standard InChI is InChI=1S/C23H21N3O5/c27-26(28)17-4-7-21-22(15-17)31-23(24-21)20-3-1-2-16-14-18(5-6-19(16)20)30-13-10-25-8-11-29-12-9-25/h1-7,14-15H,8-13H2. The third-order valence-electron chi connectivity index (χ3n) is 5.45. The van der Waals surface area contributed by atoms with Gasteiger partial charge in [-0.15, -0.1) is 0 Å². The molecule has 0 amide bonds. The first kappa shape index (κ1) is 19.5. The van der Waals surface area contributed by atoms with Gasteiger partial charge < -0.3 is 13.9 Å². The summed E-state index contributed by atoms with van der Waals surface area (Å²) in [6.07, 6.45) is 0. The Balaban J connectivity index is 1.38. The van der Waals surface area contributed by atoms with E-state index in [-0.39, 0.29) is 5.69 Å². The minimum absolute atomic E-state index is 0.0213. The zero-order chi connectivity index (χ0) is 21.2. The second kappa shape index (κ2) is 8.33. The highest BCUT2D eigenvalue weighted by Crippen LogP contribution is 2.33. The molecule has 0 saturated carbocycles. The molecule has 0 bridgehead atoms. The Labute approximate surface area is 178 Å². The molecule has 1 aromatic heterocycles. The zero-order valence-electron chi connectivity index (χ0n) is 16.8. The van der Waals surface area contributed by atoms with Crippen LogP contribution in [-0.2, 0) is 4.74 Å². The second-order valence-corrected chi connectivity index (χ2v) is 7.42. The van der Waals surface area contributed by atoms with Crippen LogP contribution >= 0.6 is 0 Å². The van der Waals surface area contributed by atoms with Gasteiger partial charge in [0.15, 0.2) is 5.58 Å². The Morgan fingerprint density at radius 2 is 1.97 bits per heavy atom. The monoisotopic (exact) mass is 419 g/mol. The topological polar surface area (TPSA) is 90.9 Å². The molecule has 3 aromatic carbocycles. The van der Waals surface area contributed by atoms with Crippen molar-refractivity contribution in [3.05, 3.63) is 64.7 Å². The van der Waals surface area contributed by atoms with Crippen LogP contribution in [0.5, 0.6) is 5.75 Å². The third kappa shape index (κ3) is 4.08. The third-order valence-corrected chi connectivity index (χ3v) is 5.45. The molecule has 0 N–H and O–H groups in total. The van der Waals surface area contributed by atoms with E-state index in [9.17, 15) is 10.1 Å². The highest BCUT2D eigenvalue weighted by molar-refractivity contribution is 5.96. The summed E-state index contributed by atoms with van der Waals surface area (Å²) in [6.45, 7) is 4.94. The van der Waals surface area contributed by atoms with Gasteiger partial charge in [0, 0.05) is 31.3 Å². The van der Waals surface area contributed by atoms with Crippen LogP contribution in [0.3, 0.4) is 0 Å². The van der Waals surface area contributed by atoms with Crippen LogP contribution in [0.2, 0.25) is 0 Å². The molecule has 1 fully saturated rings. The maximum absolute atomic E-state index is 11.0. The Morgan fingerprint density at radius 3 is 2.81 bits per heavy atom. The van der Waals surface area contributed by atoms with E-state index in [2.05, 4.69) is 9.88 Å². The number of hydrogen-bond acceptors (Lipinski definition) is 7. The van der Waals surface area contributed by atoms with E-state index in [0.717, 1.165) is 54.9 Å². The zero-order valence-corrected chi connectivity index (χ0v) is 16.8. The molecular formula is C23H21N3O5. The van der Waals surface area contributed by atoms with E-state index in [0.29, 0.717) is 23.6 Å². The van der Waals surface area contributed by atoms with Crippen molar-refractivity contribution in [2.45, 2.75) is 0 Å². The first-order valence-electron chi connectivity index (χ1n) is 10.2. The van der Waals surface area contributed by atoms with Crippen LogP contribution in [0.15, 0.2) is 59.0 Å². The lowest BCUT2D eigenvalue weighted by Crippen LogP contribution is -2.38. The van der Waals surface area contributed by atoms with Gasteiger partial charge in [0.2, 0.25) is 5.89 Å². The molecule has 1 aliphatic rings. The second-order valence-electron chi connectivity index (χ2n) is 7.42. The molecular weight excluding hydrogens is 398 g/mol. The van der Waals surface area contributed by atoms with Crippen molar-refractivity contribution in [1.29, 1.82) is 0 Å². The van der Waals surface area contributed by atoms with Crippen LogP contribution in [0.4, 0.5) is 5.69 Å². The Bertz CT molecular complexity index is 1250. The van der Waals surface area contributed by atoms with Gasteiger partial charge in [-0.3, -0.25) is 15.0 Å². The normalized spacial score (nSPS) is 14.8. The maximum atomic E-state index is 11.0. The molecule has 8 nitrogen and oxygen atoms in total. The molecule has 158 valence electrons. The first-order valence-corrected chi connectivity index (χ1v) is 10.2. The summed E-state index contributed by atoms with van der Waals surface area (Å²) in [7, 11) is 0. The number of rotatable bonds is 6. The fraction of sp³-hybridized carbons (Fsp3) is 0.261. The van der Waals surface area contributed by atoms with Crippen molar-refractivity contribution in [1.82, 2.24) is 9.88 Å². The molecule has 0 spiro atoms. The first-order chi connectivity index (χ1) is 15.2. The van der Waals surface area contributed by atoms with Gasteiger partial charge in [-0.05, 0) is 41.1 Å². The lowest BCUT2D eigenvalue weighted by Gasteiger charge is -2.26. The van der Waals surface area contributed by atoms with E-state index < -0.39 is 4.92 Å². The van der Waals surface area contributed by atoms with Crippen molar-refractivity contribution in [3.8, 4) is 17.2 Å². The number of fused-ring (bicyclic) bond motifs is 2. The highest BCUT2D eigenvalue weighted by atomic mass is 16.6. The summed E-state index contributed by atoms with van der Waals surface area (Å²) in [5.41, 5.74) is 1.79. The van der Waals surface area contributed by atoms with E-state index in [1.165, 1.54) is 12.1 Å². The van der Waals surface area contributed by atoms with Crippen LogP contribution in [0.1, 0.15) is 0 Å². The molecule has 5 rings (SSSR count). The van der Waals surface area contributed by atoms with Crippen molar-refractivity contribution in [3.63, 3.8) is 0 Å².